The van der Waals surface area contributed by atoms with Crippen LogP contribution >= 0.6 is 11.6 Å². The molecular weight excluding hydrogens is 298 g/mol. The Bertz CT molecular complexity index is 533. The van der Waals surface area contributed by atoms with E-state index in [0.717, 1.165) is 24.2 Å². The largest absolute Gasteiger partial charge is 0.354 e. The molecule has 0 spiro atoms. The van der Waals surface area contributed by atoms with E-state index in [4.69, 9.17) is 11.6 Å². The standard InChI is InChI=1S/C17H24ClN3O/c18-15-10-20-21(11-15)2-1-19-16(22)9-17-6-12-3-13(7-17)5-14(4-12)8-17/h10-14H,1-9H2,(H,19,22). The molecule has 0 unspecified atom stereocenters. The monoisotopic (exact) mass is 321 g/mol. The van der Waals surface area contributed by atoms with E-state index in [0.29, 0.717) is 23.5 Å². The number of nitrogens with one attached hydrogen (secondary N) is 1. The van der Waals surface area contributed by atoms with E-state index in [9.17, 15) is 4.79 Å². The van der Waals surface area contributed by atoms with Gasteiger partial charge in [-0.3, -0.25) is 9.48 Å². The maximum atomic E-state index is 12.4. The number of rotatable bonds is 5. The number of hydrogen-bond acceptors (Lipinski definition) is 2. The topological polar surface area (TPSA) is 46.9 Å². The lowest BCUT2D eigenvalue weighted by Crippen LogP contribution is -2.48. The molecule has 4 aliphatic carbocycles. The van der Waals surface area contributed by atoms with Gasteiger partial charge in [0.25, 0.3) is 0 Å². The highest BCUT2D eigenvalue weighted by molar-refractivity contribution is 6.30. The van der Waals surface area contributed by atoms with Gasteiger partial charge in [0.1, 0.15) is 0 Å². The quantitative estimate of drug-likeness (QED) is 0.904. The highest BCUT2D eigenvalue weighted by Gasteiger charge is 2.51. The predicted molar refractivity (Wildman–Crippen MR) is 85.5 cm³/mol. The Hall–Kier alpha value is -1.03. The number of carbonyl (C=O) groups excluding carboxylic acids is 1. The fourth-order valence-corrected chi connectivity index (χ4v) is 5.84. The molecule has 0 saturated heterocycles. The maximum absolute atomic E-state index is 12.4. The first-order valence-electron chi connectivity index (χ1n) is 8.55. The molecule has 120 valence electrons. The Labute approximate surface area is 136 Å². The molecule has 5 rings (SSSR count). The minimum Gasteiger partial charge on any atom is -0.354 e. The zero-order chi connectivity index (χ0) is 15.2. The van der Waals surface area contributed by atoms with Crippen molar-refractivity contribution in [2.24, 2.45) is 23.2 Å². The number of nitrogens with zero attached hydrogens (tertiary/aromatic N) is 2. The molecule has 0 aromatic carbocycles. The second-order valence-electron chi connectivity index (χ2n) is 7.87. The second kappa shape index (κ2) is 5.55. The van der Waals surface area contributed by atoms with Crippen molar-refractivity contribution in [2.75, 3.05) is 6.54 Å². The number of hydrogen-bond donors (Lipinski definition) is 1. The van der Waals surface area contributed by atoms with Gasteiger partial charge < -0.3 is 5.32 Å². The fraction of sp³-hybridized carbons (Fsp3) is 0.765. The molecule has 1 aromatic rings. The van der Waals surface area contributed by atoms with Crippen LogP contribution in [-0.2, 0) is 11.3 Å². The predicted octanol–water partition coefficient (Wildman–Crippen LogP) is 3.26. The third-order valence-corrected chi connectivity index (χ3v) is 6.16. The molecule has 0 radical (unpaired) electrons. The van der Waals surface area contributed by atoms with Crippen LogP contribution in [0.5, 0.6) is 0 Å². The molecule has 1 amide bonds. The van der Waals surface area contributed by atoms with Crippen LogP contribution in [0.15, 0.2) is 12.4 Å². The fourth-order valence-electron chi connectivity index (χ4n) is 5.68. The summed E-state index contributed by atoms with van der Waals surface area (Å²) >= 11 is 5.83. The average Bonchev–Trinajstić information content (AvgIpc) is 2.82. The van der Waals surface area contributed by atoms with Crippen molar-refractivity contribution >= 4 is 17.5 Å². The Morgan fingerprint density at radius 3 is 2.45 bits per heavy atom. The van der Waals surface area contributed by atoms with E-state index >= 15 is 0 Å². The van der Waals surface area contributed by atoms with E-state index in [1.165, 1.54) is 38.5 Å². The molecule has 0 aliphatic heterocycles. The van der Waals surface area contributed by atoms with E-state index in [1.807, 2.05) is 0 Å². The first-order chi connectivity index (χ1) is 10.6. The van der Waals surface area contributed by atoms with Crippen molar-refractivity contribution in [3.63, 3.8) is 0 Å². The lowest BCUT2D eigenvalue weighted by molar-refractivity contribution is -0.129. The normalized spacial score (nSPS) is 35.8. The van der Waals surface area contributed by atoms with Crippen LogP contribution in [0.2, 0.25) is 5.02 Å². The minimum atomic E-state index is 0.222. The second-order valence-corrected chi connectivity index (χ2v) is 8.30. The number of halogens is 1. The molecule has 4 fully saturated rings. The van der Waals surface area contributed by atoms with Gasteiger partial charge in [0.2, 0.25) is 5.91 Å². The van der Waals surface area contributed by atoms with Crippen molar-refractivity contribution < 1.29 is 4.79 Å². The lowest BCUT2D eigenvalue weighted by Gasteiger charge is -2.56. The van der Waals surface area contributed by atoms with Gasteiger partial charge in [0.15, 0.2) is 0 Å². The van der Waals surface area contributed by atoms with Crippen LogP contribution in [0.25, 0.3) is 0 Å². The van der Waals surface area contributed by atoms with E-state index in [-0.39, 0.29) is 5.91 Å². The maximum Gasteiger partial charge on any atom is 0.220 e. The van der Waals surface area contributed by atoms with Gasteiger partial charge in [-0.25, -0.2) is 0 Å². The molecule has 22 heavy (non-hydrogen) atoms. The Morgan fingerprint density at radius 2 is 1.91 bits per heavy atom. The van der Waals surface area contributed by atoms with Gasteiger partial charge in [0, 0.05) is 19.2 Å². The van der Waals surface area contributed by atoms with Crippen LogP contribution in [0.3, 0.4) is 0 Å². The van der Waals surface area contributed by atoms with Crippen LogP contribution in [0.1, 0.15) is 44.9 Å². The molecule has 4 nitrogen and oxygen atoms in total. The molecule has 4 bridgehead atoms. The van der Waals surface area contributed by atoms with Crippen LogP contribution in [0, 0.1) is 23.2 Å². The average molecular weight is 322 g/mol. The van der Waals surface area contributed by atoms with Gasteiger partial charge in [0.05, 0.1) is 17.8 Å². The summed E-state index contributed by atoms with van der Waals surface area (Å²) in [7, 11) is 0. The summed E-state index contributed by atoms with van der Waals surface area (Å²) in [5.41, 5.74) is 0.327. The van der Waals surface area contributed by atoms with Crippen molar-refractivity contribution in [3.8, 4) is 0 Å². The molecule has 0 atom stereocenters. The minimum absolute atomic E-state index is 0.222. The SMILES string of the molecule is O=C(CC12CC3CC(CC(C3)C1)C2)NCCn1cc(Cl)cn1. The van der Waals surface area contributed by atoms with Crippen molar-refractivity contribution in [2.45, 2.75) is 51.5 Å². The first kappa shape index (κ1) is 14.6. The van der Waals surface area contributed by atoms with Gasteiger partial charge in [-0.1, -0.05) is 11.6 Å². The van der Waals surface area contributed by atoms with Gasteiger partial charge in [-0.05, 0) is 61.7 Å². The highest BCUT2D eigenvalue weighted by atomic mass is 35.5. The van der Waals surface area contributed by atoms with Gasteiger partial charge in [-0.15, -0.1) is 0 Å². The first-order valence-corrected chi connectivity index (χ1v) is 8.93. The highest BCUT2D eigenvalue weighted by Crippen LogP contribution is 2.61. The Balaban J connectivity index is 1.29. The van der Waals surface area contributed by atoms with E-state index < -0.39 is 0 Å². The molecule has 4 aliphatic rings. The molecule has 1 N–H and O–H groups in total. The number of aromatic nitrogens is 2. The molecule has 4 saturated carbocycles. The third kappa shape index (κ3) is 2.90. The van der Waals surface area contributed by atoms with Crippen LogP contribution in [0.4, 0.5) is 0 Å². The molecule has 1 aromatic heterocycles. The van der Waals surface area contributed by atoms with Gasteiger partial charge in [-0.2, -0.15) is 5.10 Å². The molecule has 1 heterocycles. The summed E-state index contributed by atoms with van der Waals surface area (Å²) in [4.78, 5) is 12.4. The van der Waals surface area contributed by atoms with Crippen LogP contribution in [-0.4, -0.2) is 22.2 Å². The molecule has 5 heteroatoms. The van der Waals surface area contributed by atoms with Crippen molar-refractivity contribution in [3.05, 3.63) is 17.4 Å². The Kier molecular flexibility index (Phi) is 3.67. The van der Waals surface area contributed by atoms with Crippen LogP contribution < -0.4 is 5.32 Å². The summed E-state index contributed by atoms with van der Waals surface area (Å²) in [5, 5.41) is 7.84. The summed E-state index contributed by atoms with van der Waals surface area (Å²) in [6.07, 6.45) is 12.3. The third-order valence-electron chi connectivity index (χ3n) is 5.97. The van der Waals surface area contributed by atoms with E-state index in [2.05, 4.69) is 10.4 Å². The number of amides is 1. The summed E-state index contributed by atoms with van der Waals surface area (Å²) < 4.78 is 1.77. The number of carbonyl (C=O) groups is 1. The van der Waals surface area contributed by atoms with E-state index in [1.54, 1.807) is 17.1 Å². The lowest BCUT2D eigenvalue weighted by atomic mass is 9.49. The smallest absolute Gasteiger partial charge is 0.220 e. The van der Waals surface area contributed by atoms with Crippen molar-refractivity contribution in [1.29, 1.82) is 0 Å². The zero-order valence-corrected chi connectivity index (χ0v) is 13.7. The van der Waals surface area contributed by atoms with Crippen molar-refractivity contribution in [1.82, 2.24) is 15.1 Å². The molecular formula is C17H24ClN3O. The summed E-state index contributed by atoms with van der Waals surface area (Å²) in [6, 6.07) is 0. The summed E-state index contributed by atoms with van der Waals surface area (Å²) in [5.74, 6) is 2.95. The zero-order valence-electron chi connectivity index (χ0n) is 12.9. The van der Waals surface area contributed by atoms with Gasteiger partial charge >= 0.3 is 0 Å². The Morgan fingerprint density at radius 1 is 1.27 bits per heavy atom. The summed E-state index contributed by atoms with van der Waals surface area (Å²) in [6.45, 7) is 1.31.